The maximum atomic E-state index is 5.63. The number of nitrogens with zero attached hydrogens (tertiary/aromatic N) is 4. The standard InChI is InChI=1S/C25H25N5O2/c1-15-13-25(2,3)29-21-18(15)11-17(31-4)12-19(21)22-27-23-20(24(28-22)32-5)14-26-30(23)16-9-7-6-8-10-16/h6-14,29H,1-5H3. The van der Waals surface area contributed by atoms with E-state index in [1.807, 2.05) is 42.5 Å². The smallest absolute Gasteiger partial charge is 0.228 e. The van der Waals surface area contributed by atoms with Crippen LogP contribution in [0, 0.1) is 0 Å². The number of hydrogen-bond donors (Lipinski definition) is 1. The van der Waals surface area contributed by atoms with Crippen LogP contribution in [0.2, 0.25) is 0 Å². The first-order valence-corrected chi connectivity index (χ1v) is 10.5. The number of hydrogen-bond acceptors (Lipinski definition) is 6. The molecule has 7 nitrogen and oxygen atoms in total. The van der Waals surface area contributed by atoms with Crippen molar-refractivity contribution in [3.63, 3.8) is 0 Å². The Balaban J connectivity index is 1.79. The van der Waals surface area contributed by atoms with E-state index < -0.39 is 0 Å². The molecule has 4 aromatic rings. The van der Waals surface area contributed by atoms with Gasteiger partial charge in [-0.2, -0.15) is 10.1 Å². The first kappa shape index (κ1) is 20.1. The van der Waals surface area contributed by atoms with E-state index >= 15 is 0 Å². The number of fused-ring (bicyclic) bond motifs is 2. The fraction of sp³-hybridized carbons (Fsp3) is 0.240. The van der Waals surface area contributed by atoms with Crippen LogP contribution >= 0.6 is 0 Å². The Kier molecular flexibility index (Phi) is 4.62. The molecule has 0 saturated heterocycles. The molecule has 0 radical (unpaired) electrons. The lowest BCUT2D eigenvalue weighted by Gasteiger charge is -2.33. The van der Waals surface area contributed by atoms with Crippen molar-refractivity contribution in [2.24, 2.45) is 0 Å². The van der Waals surface area contributed by atoms with Crippen LogP contribution in [0.25, 0.3) is 33.7 Å². The molecule has 0 atom stereocenters. The van der Waals surface area contributed by atoms with Gasteiger partial charge in [0.25, 0.3) is 0 Å². The van der Waals surface area contributed by atoms with E-state index in [9.17, 15) is 0 Å². The van der Waals surface area contributed by atoms with E-state index in [1.165, 1.54) is 5.57 Å². The highest BCUT2D eigenvalue weighted by atomic mass is 16.5. The fourth-order valence-electron chi connectivity index (χ4n) is 4.25. The van der Waals surface area contributed by atoms with E-state index in [-0.39, 0.29) is 5.54 Å². The van der Waals surface area contributed by atoms with Crippen LogP contribution in [0.1, 0.15) is 26.3 Å². The van der Waals surface area contributed by atoms with Crippen LogP contribution in [0.3, 0.4) is 0 Å². The van der Waals surface area contributed by atoms with Crippen LogP contribution < -0.4 is 14.8 Å². The van der Waals surface area contributed by atoms with Crippen molar-refractivity contribution in [1.29, 1.82) is 0 Å². The second kappa shape index (κ2) is 7.37. The minimum atomic E-state index is -0.208. The summed E-state index contributed by atoms with van der Waals surface area (Å²) in [5, 5.41) is 8.94. The molecule has 0 spiro atoms. The number of aromatic nitrogens is 4. The van der Waals surface area contributed by atoms with Gasteiger partial charge in [0, 0.05) is 11.1 Å². The lowest BCUT2D eigenvalue weighted by atomic mass is 9.89. The second-order valence-electron chi connectivity index (χ2n) is 8.46. The Hall–Kier alpha value is -3.87. The first-order valence-electron chi connectivity index (χ1n) is 10.5. The molecule has 5 rings (SSSR count). The summed E-state index contributed by atoms with van der Waals surface area (Å²) in [4.78, 5) is 9.69. The van der Waals surface area contributed by atoms with Gasteiger partial charge in [-0.25, -0.2) is 9.67 Å². The molecule has 32 heavy (non-hydrogen) atoms. The summed E-state index contributed by atoms with van der Waals surface area (Å²) in [5.74, 6) is 1.76. The zero-order valence-electron chi connectivity index (χ0n) is 18.8. The Morgan fingerprint density at radius 1 is 0.969 bits per heavy atom. The minimum Gasteiger partial charge on any atom is -0.497 e. The zero-order valence-corrected chi connectivity index (χ0v) is 18.8. The summed E-state index contributed by atoms with van der Waals surface area (Å²) in [6.45, 7) is 6.39. The maximum Gasteiger partial charge on any atom is 0.228 e. The molecule has 162 valence electrons. The number of nitrogens with one attached hydrogen (secondary N) is 1. The molecule has 0 amide bonds. The van der Waals surface area contributed by atoms with Crippen LogP contribution in [0.5, 0.6) is 11.6 Å². The molecular formula is C25H25N5O2. The summed E-state index contributed by atoms with van der Waals surface area (Å²) in [6.07, 6.45) is 3.95. The molecule has 1 aliphatic heterocycles. The van der Waals surface area contributed by atoms with Gasteiger partial charge in [0.15, 0.2) is 11.5 Å². The lowest BCUT2D eigenvalue weighted by molar-refractivity contribution is 0.403. The molecule has 2 aromatic heterocycles. The Morgan fingerprint density at radius 2 is 1.72 bits per heavy atom. The monoisotopic (exact) mass is 427 g/mol. The largest absolute Gasteiger partial charge is 0.497 e. The Bertz CT molecular complexity index is 1360. The third kappa shape index (κ3) is 3.26. The van der Waals surface area contributed by atoms with Gasteiger partial charge in [0.05, 0.1) is 37.3 Å². The Morgan fingerprint density at radius 3 is 2.44 bits per heavy atom. The maximum absolute atomic E-state index is 5.63. The molecule has 0 aliphatic carbocycles. The molecule has 2 aromatic carbocycles. The second-order valence-corrected chi connectivity index (χ2v) is 8.46. The van der Waals surface area contributed by atoms with Gasteiger partial charge < -0.3 is 14.8 Å². The number of allylic oxidation sites excluding steroid dienone is 1. The predicted octanol–water partition coefficient (Wildman–Crippen LogP) is 5.11. The molecule has 0 bridgehead atoms. The summed E-state index contributed by atoms with van der Waals surface area (Å²) in [6, 6.07) is 13.9. The first-order chi connectivity index (χ1) is 15.4. The molecule has 1 N–H and O–H groups in total. The summed E-state index contributed by atoms with van der Waals surface area (Å²) < 4.78 is 13.0. The number of ether oxygens (including phenoxy) is 2. The van der Waals surface area contributed by atoms with E-state index in [0.717, 1.165) is 33.6 Å². The molecule has 3 heterocycles. The highest BCUT2D eigenvalue weighted by molar-refractivity contribution is 5.92. The van der Waals surface area contributed by atoms with Gasteiger partial charge >= 0.3 is 0 Å². The summed E-state index contributed by atoms with van der Waals surface area (Å²) in [5.41, 5.74) is 5.45. The van der Waals surface area contributed by atoms with Gasteiger partial charge in [0.1, 0.15) is 11.1 Å². The van der Waals surface area contributed by atoms with Gasteiger partial charge in [-0.15, -0.1) is 0 Å². The van der Waals surface area contributed by atoms with E-state index in [4.69, 9.17) is 19.4 Å². The topological polar surface area (TPSA) is 74.1 Å². The summed E-state index contributed by atoms with van der Waals surface area (Å²) in [7, 11) is 3.28. The minimum absolute atomic E-state index is 0.208. The van der Waals surface area contributed by atoms with Crippen molar-refractivity contribution in [3.8, 4) is 28.7 Å². The third-order valence-corrected chi connectivity index (χ3v) is 5.63. The zero-order chi connectivity index (χ0) is 22.5. The Labute approximate surface area is 186 Å². The normalized spacial score (nSPS) is 14.5. The molecule has 7 heteroatoms. The molecule has 0 saturated carbocycles. The van der Waals surface area contributed by atoms with Gasteiger partial charge in [-0.3, -0.25) is 0 Å². The number of anilines is 1. The lowest BCUT2D eigenvalue weighted by Crippen LogP contribution is -2.32. The van der Waals surface area contributed by atoms with Crippen LogP contribution in [0.15, 0.2) is 54.7 Å². The predicted molar refractivity (Wildman–Crippen MR) is 127 cm³/mol. The molecule has 0 fully saturated rings. The van der Waals surface area contributed by atoms with Crippen molar-refractivity contribution in [1.82, 2.24) is 19.7 Å². The number of rotatable bonds is 4. The van der Waals surface area contributed by atoms with Crippen molar-refractivity contribution in [3.05, 3.63) is 60.3 Å². The van der Waals surface area contributed by atoms with E-state index in [2.05, 4.69) is 37.3 Å². The third-order valence-electron chi connectivity index (χ3n) is 5.63. The SMILES string of the molecule is COc1cc2c(c(-c3nc(OC)c4cnn(-c5ccccc5)c4n3)c1)NC(C)(C)C=C2C. The number of benzene rings is 2. The van der Waals surface area contributed by atoms with Crippen molar-refractivity contribution < 1.29 is 9.47 Å². The van der Waals surface area contributed by atoms with Crippen LogP contribution in [0.4, 0.5) is 5.69 Å². The highest BCUT2D eigenvalue weighted by Crippen LogP contribution is 2.43. The van der Waals surface area contributed by atoms with E-state index in [0.29, 0.717) is 17.4 Å². The van der Waals surface area contributed by atoms with Crippen molar-refractivity contribution in [2.45, 2.75) is 26.3 Å². The fourth-order valence-corrected chi connectivity index (χ4v) is 4.25. The number of para-hydroxylation sites is 1. The number of methoxy groups -OCH3 is 2. The quantitative estimate of drug-likeness (QED) is 0.488. The van der Waals surface area contributed by atoms with Gasteiger partial charge in [-0.1, -0.05) is 24.3 Å². The van der Waals surface area contributed by atoms with E-state index in [1.54, 1.807) is 25.1 Å². The van der Waals surface area contributed by atoms with Crippen LogP contribution in [-0.4, -0.2) is 39.5 Å². The van der Waals surface area contributed by atoms with Gasteiger partial charge in [0.2, 0.25) is 5.88 Å². The molecular weight excluding hydrogens is 402 g/mol. The van der Waals surface area contributed by atoms with Crippen LogP contribution in [-0.2, 0) is 0 Å². The molecule has 1 aliphatic rings. The van der Waals surface area contributed by atoms with Gasteiger partial charge in [-0.05, 0) is 50.6 Å². The van der Waals surface area contributed by atoms with Crippen molar-refractivity contribution >= 4 is 22.3 Å². The molecule has 0 unspecified atom stereocenters. The highest BCUT2D eigenvalue weighted by Gasteiger charge is 2.27. The average molecular weight is 428 g/mol. The summed E-state index contributed by atoms with van der Waals surface area (Å²) >= 11 is 0. The average Bonchev–Trinajstić information content (AvgIpc) is 3.22. The van der Waals surface area contributed by atoms with Crippen molar-refractivity contribution in [2.75, 3.05) is 19.5 Å².